The van der Waals surface area contributed by atoms with Gasteiger partial charge in [0.2, 0.25) is 0 Å². The van der Waals surface area contributed by atoms with Crippen LogP contribution in [-0.2, 0) is 11.3 Å². The van der Waals surface area contributed by atoms with Crippen molar-refractivity contribution < 1.29 is 9.53 Å². The number of rotatable bonds is 6. The predicted octanol–water partition coefficient (Wildman–Crippen LogP) is 2.52. The molecule has 1 amide bonds. The zero-order valence-electron chi connectivity index (χ0n) is 13.2. The molecule has 1 aromatic carbocycles. The number of benzene rings is 1. The third-order valence-corrected chi connectivity index (χ3v) is 4.18. The van der Waals surface area contributed by atoms with Crippen LogP contribution < -0.4 is 10.6 Å². The van der Waals surface area contributed by atoms with Crippen LogP contribution in [0, 0.1) is 0 Å². The number of hydrogen-bond donors (Lipinski definition) is 3. The first kappa shape index (κ1) is 15.6. The van der Waals surface area contributed by atoms with Gasteiger partial charge < -0.3 is 15.4 Å². The van der Waals surface area contributed by atoms with Gasteiger partial charge in [0.05, 0.1) is 6.20 Å². The summed E-state index contributed by atoms with van der Waals surface area (Å²) in [5, 5.41) is 13.2. The summed E-state index contributed by atoms with van der Waals surface area (Å²) in [5.74, 6) is 0. The molecule has 1 atom stereocenters. The van der Waals surface area contributed by atoms with E-state index < -0.39 is 0 Å². The van der Waals surface area contributed by atoms with Gasteiger partial charge in [0, 0.05) is 29.9 Å². The highest BCUT2D eigenvalue weighted by molar-refractivity contribution is 5.67. The van der Waals surface area contributed by atoms with Gasteiger partial charge in [-0.2, -0.15) is 5.10 Å². The minimum Gasteiger partial charge on any atom is -0.445 e. The average molecular weight is 314 g/mol. The van der Waals surface area contributed by atoms with Crippen molar-refractivity contribution in [3.8, 4) is 0 Å². The summed E-state index contributed by atoms with van der Waals surface area (Å²) in [6.07, 6.45) is 5.21. The number of nitrogens with one attached hydrogen (secondary N) is 3. The lowest BCUT2D eigenvalue weighted by Gasteiger charge is -2.37. The van der Waals surface area contributed by atoms with Gasteiger partial charge in [-0.25, -0.2) is 4.79 Å². The van der Waals surface area contributed by atoms with E-state index in [9.17, 15) is 4.79 Å². The molecule has 6 heteroatoms. The number of H-pyrrole nitrogens is 1. The molecule has 1 saturated carbocycles. The molecule has 0 radical (unpaired) electrons. The average Bonchev–Trinajstić information content (AvgIpc) is 3.06. The number of ether oxygens (including phenoxy) is 1. The molecule has 1 fully saturated rings. The molecule has 1 aromatic heterocycles. The zero-order chi connectivity index (χ0) is 16.1. The van der Waals surface area contributed by atoms with Crippen LogP contribution in [0.5, 0.6) is 0 Å². The lowest BCUT2D eigenvalue weighted by atomic mass is 9.86. The normalized spacial score (nSPS) is 21.3. The fourth-order valence-electron chi connectivity index (χ4n) is 2.75. The summed E-state index contributed by atoms with van der Waals surface area (Å²) in [6, 6.07) is 10.5. The maximum Gasteiger partial charge on any atom is 0.407 e. The van der Waals surface area contributed by atoms with Crippen molar-refractivity contribution >= 4 is 6.09 Å². The van der Waals surface area contributed by atoms with Crippen molar-refractivity contribution in [1.82, 2.24) is 20.8 Å². The van der Waals surface area contributed by atoms with Gasteiger partial charge in [-0.15, -0.1) is 0 Å². The van der Waals surface area contributed by atoms with E-state index in [1.165, 1.54) is 0 Å². The Bertz CT molecular complexity index is 609. The van der Waals surface area contributed by atoms with E-state index >= 15 is 0 Å². The fraction of sp³-hybridized carbons (Fsp3) is 0.412. The van der Waals surface area contributed by atoms with Crippen molar-refractivity contribution in [3.63, 3.8) is 0 Å². The number of alkyl carbamates (subject to hydrolysis) is 1. The molecule has 1 aliphatic carbocycles. The summed E-state index contributed by atoms with van der Waals surface area (Å²) >= 11 is 0. The first-order valence-corrected chi connectivity index (χ1v) is 7.92. The molecule has 0 bridgehead atoms. The van der Waals surface area contributed by atoms with Crippen LogP contribution in [0.4, 0.5) is 4.79 Å². The molecular weight excluding hydrogens is 292 g/mol. The lowest BCUT2D eigenvalue weighted by molar-refractivity contribution is 0.124. The van der Waals surface area contributed by atoms with Crippen LogP contribution in [0.2, 0.25) is 0 Å². The number of nitrogens with zero attached hydrogens (tertiary/aromatic N) is 1. The van der Waals surface area contributed by atoms with Crippen LogP contribution in [-0.4, -0.2) is 28.4 Å². The monoisotopic (exact) mass is 314 g/mol. The standard InChI is InChI=1S/C17H22N4O2/c1-12(14-9-18-19-10-14)20-15-7-16(8-15)21-17(22)23-11-13-5-3-2-4-6-13/h2-6,9-10,12,15-16,20H,7-8,11H2,1H3,(H,18,19)(H,21,22). The summed E-state index contributed by atoms with van der Waals surface area (Å²) in [5.41, 5.74) is 2.13. The molecule has 0 spiro atoms. The number of carbonyl (C=O) groups is 1. The van der Waals surface area contributed by atoms with E-state index in [2.05, 4.69) is 27.8 Å². The lowest BCUT2D eigenvalue weighted by Crippen LogP contribution is -2.52. The highest BCUT2D eigenvalue weighted by Crippen LogP contribution is 2.23. The molecule has 1 aliphatic rings. The topological polar surface area (TPSA) is 79.0 Å². The summed E-state index contributed by atoms with van der Waals surface area (Å²) < 4.78 is 5.23. The fourth-order valence-corrected chi connectivity index (χ4v) is 2.75. The van der Waals surface area contributed by atoms with E-state index in [1.54, 1.807) is 0 Å². The summed E-state index contributed by atoms with van der Waals surface area (Å²) in [7, 11) is 0. The maximum absolute atomic E-state index is 11.8. The minimum absolute atomic E-state index is 0.187. The van der Waals surface area contributed by atoms with Gasteiger partial charge >= 0.3 is 6.09 Å². The Labute approximate surface area is 135 Å². The van der Waals surface area contributed by atoms with E-state index in [-0.39, 0.29) is 18.2 Å². The molecule has 3 N–H and O–H groups in total. The molecule has 1 heterocycles. The summed E-state index contributed by atoms with van der Waals surface area (Å²) in [6.45, 7) is 2.42. The SMILES string of the molecule is CC(NC1CC(NC(=O)OCc2ccccc2)C1)c1cn[nH]c1. The third kappa shape index (κ3) is 4.32. The minimum atomic E-state index is -0.347. The highest BCUT2D eigenvalue weighted by atomic mass is 16.5. The Morgan fingerprint density at radius 1 is 1.35 bits per heavy atom. The number of amides is 1. The number of carbonyl (C=O) groups excluding carboxylic acids is 1. The smallest absolute Gasteiger partial charge is 0.407 e. The van der Waals surface area contributed by atoms with E-state index in [4.69, 9.17) is 4.74 Å². The van der Waals surface area contributed by atoms with Crippen molar-refractivity contribution in [2.75, 3.05) is 0 Å². The maximum atomic E-state index is 11.8. The van der Waals surface area contributed by atoms with Gasteiger partial charge in [0.1, 0.15) is 6.61 Å². The Kier molecular flexibility index (Phi) is 4.92. The van der Waals surface area contributed by atoms with Gasteiger partial charge in [-0.1, -0.05) is 30.3 Å². The van der Waals surface area contributed by atoms with Gasteiger partial charge in [-0.05, 0) is 25.3 Å². The van der Waals surface area contributed by atoms with Crippen LogP contribution >= 0.6 is 0 Å². The number of aromatic amines is 1. The molecule has 0 saturated heterocycles. The Morgan fingerprint density at radius 2 is 2.13 bits per heavy atom. The van der Waals surface area contributed by atoms with Crippen LogP contribution in [0.15, 0.2) is 42.7 Å². The largest absolute Gasteiger partial charge is 0.445 e. The molecule has 122 valence electrons. The third-order valence-electron chi connectivity index (χ3n) is 4.18. The van der Waals surface area contributed by atoms with Crippen LogP contribution in [0.3, 0.4) is 0 Å². The molecule has 3 rings (SSSR count). The van der Waals surface area contributed by atoms with Crippen molar-refractivity contribution in [1.29, 1.82) is 0 Å². The zero-order valence-corrected chi connectivity index (χ0v) is 13.2. The second kappa shape index (κ2) is 7.28. The molecule has 6 nitrogen and oxygen atoms in total. The van der Waals surface area contributed by atoms with Crippen LogP contribution in [0.25, 0.3) is 0 Å². The molecule has 1 unspecified atom stereocenters. The Hall–Kier alpha value is -2.34. The van der Waals surface area contributed by atoms with E-state index in [0.717, 1.165) is 24.0 Å². The van der Waals surface area contributed by atoms with Crippen LogP contribution in [0.1, 0.15) is 36.9 Å². The van der Waals surface area contributed by atoms with E-state index in [1.807, 2.05) is 42.7 Å². The first-order valence-electron chi connectivity index (χ1n) is 7.92. The highest BCUT2D eigenvalue weighted by Gasteiger charge is 2.31. The van der Waals surface area contributed by atoms with Crippen molar-refractivity contribution in [3.05, 3.63) is 53.9 Å². The van der Waals surface area contributed by atoms with E-state index in [0.29, 0.717) is 12.6 Å². The summed E-state index contributed by atoms with van der Waals surface area (Å²) in [4.78, 5) is 11.8. The molecule has 23 heavy (non-hydrogen) atoms. The quantitative estimate of drug-likeness (QED) is 0.765. The Morgan fingerprint density at radius 3 is 2.83 bits per heavy atom. The van der Waals surface area contributed by atoms with Crippen molar-refractivity contribution in [2.24, 2.45) is 0 Å². The number of hydrogen-bond acceptors (Lipinski definition) is 4. The first-order chi connectivity index (χ1) is 11.2. The Balaban J connectivity index is 1.33. The van der Waals surface area contributed by atoms with Gasteiger partial charge in [0.15, 0.2) is 0 Å². The molecular formula is C17H22N4O2. The van der Waals surface area contributed by atoms with Crippen molar-refractivity contribution in [2.45, 2.75) is 44.5 Å². The predicted molar refractivity (Wildman–Crippen MR) is 86.7 cm³/mol. The second-order valence-electron chi connectivity index (χ2n) is 5.99. The number of aromatic nitrogens is 2. The van der Waals surface area contributed by atoms with Gasteiger partial charge in [-0.3, -0.25) is 5.10 Å². The second-order valence-corrected chi connectivity index (χ2v) is 5.99. The molecule has 2 aromatic rings. The molecule has 0 aliphatic heterocycles. The van der Waals surface area contributed by atoms with Gasteiger partial charge in [0.25, 0.3) is 0 Å².